The van der Waals surface area contributed by atoms with Crippen molar-refractivity contribution in [3.8, 4) is 0 Å². The van der Waals surface area contributed by atoms with Crippen LogP contribution < -0.4 is 5.32 Å². The number of thioether (sulfide) groups is 1. The lowest BCUT2D eigenvalue weighted by atomic mass is 10.4. The van der Waals surface area contributed by atoms with Crippen molar-refractivity contribution in [2.75, 3.05) is 12.3 Å². The van der Waals surface area contributed by atoms with Crippen LogP contribution in [0.25, 0.3) is 15.3 Å². The van der Waals surface area contributed by atoms with Gasteiger partial charge >= 0.3 is 0 Å². The average Bonchev–Trinajstić information content (AvgIpc) is 3.08. The van der Waals surface area contributed by atoms with Crippen LogP contribution in [-0.4, -0.2) is 32.8 Å². The summed E-state index contributed by atoms with van der Waals surface area (Å²) in [6, 6.07) is 1.89. The summed E-state index contributed by atoms with van der Waals surface area (Å²) < 4.78 is 2.01. The van der Waals surface area contributed by atoms with E-state index in [1.165, 1.54) is 11.3 Å². The molecule has 0 aromatic carbocycles. The zero-order valence-corrected chi connectivity index (χ0v) is 12.1. The molecule has 5 nitrogen and oxygen atoms in total. The first-order valence-electron chi connectivity index (χ1n) is 5.65. The molecule has 0 aliphatic carbocycles. The van der Waals surface area contributed by atoms with Gasteiger partial charge in [0.15, 0.2) is 10.1 Å². The van der Waals surface area contributed by atoms with Gasteiger partial charge < -0.3 is 5.32 Å². The number of carbonyl (C=O) groups is 1. The van der Waals surface area contributed by atoms with Gasteiger partial charge in [-0.15, -0.1) is 22.7 Å². The maximum atomic E-state index is 12.1. The summed E-state index contributed by atoms with van der Waals surface area (Å²) in [5.74, 6) is 0.847. The number of rotatable bonds is 1. The molecule has 1 N–H and O–H groups in total. The lowest BCUT2D eigenvalue weighted by Gasteiger charge is -2.00. The van der Waals surface area contributed by atoms with Gasteiger partial charge in [-0.3, -0.25) is 14.2 Å². The highest BCUT2D eigenvalue weighted by Crippen LogP contribution is 2.28. The Morgan fingerprint density at radius 2 is 2.42 bits per heavy atom. The predicted octanol–water partition coefficient (Wildman–Crippen LogP) is 2.44. The number of aromatic nitrogens is 2. The van der Waals surface area contributed by atoms with Gasteiger partial charge in [0, 0.05) is 17.3 Å². The number of amidine groups is 1. The Balaban J connectivity index is 1.70. The second kappa shape index (κ2) is 4.32. The first-order valence-corrected chi connectivity index (χ1v) is 8.33. The average molecular weight is 308 g/mol. The third-order valence-corrected chi connectivity index (χ3v) is 5.43. The summed E-state index contributed by atoms with van der Waals surface area (Å²) >= 11 is 4.59. The standard InChI is InChI=1S/C11H8N4OS3/c16-8(13-10-12-1-3-17-10)7-5-6-9(19-7)14-11-15(6)2-4-18-11/h2,4-5H,1,3H2,(H,12,13,16). The molecular weight excluding hydrogens is 300 g/mol. The summed E-state index contributed by atoms with van der Waals surface area (Å²) in [4.78, 5) is 23.4. The molecule has 1 amide bonds. The Morgan fingerprint density at radius 1 is 1.47 bits per heavy atom. The Kier molecular flexibility index (Phi) is 2.61. The molecule has 0 radical (unpaired) electrons. The third kappa shape index (κ3) is 1.87. The second-order valence-corrected chi connectivity index (χ2v) is 6.95. The van der Waals surface area contributed by atoms with Gasteiger partial charge in [-0.05, 0) is 6.07 Å². The van der Waals surface area contributed by atoms with Crippen molar-refractivity contribution in [2.45, 2.75) is 0 Å². The number of amides is 1. The highest BCUT2D eigenvalue weighted by atomic mass is 32.2. The fourth-order valence-corrected chi connectivity index (χ4v) is 4.35. The van der Waals surface area contributed by atoms with Gasteiger partial charge in [0.1, 0.15) is 4.83 Å². The maximum absolute atomic E-state index is 12.1. The molecule has 3 aromatic heterocycles. The van der Waals surface area contributed by atoms with Crippen LogP contribution in [0.1, 0.15) is 9.67 Å². The summed E-state index contributed by atoms with van der Waals surface area (Å²) in [7, 11) is 0. The van der Waals surface area contributed by atoms with E-state index in [0.717, 1.165) is 32.8 Å². The number of hydrogen-bond donors (Lipinski definition) is 1. The minimum Gasteiger partial charge on any atom is -0.301 e. The lowest BCUT2D eigenvalue weighted by Crippen LogP contribution is -2.26. The monoisotopic (exact) mass is 308 g/mol. The fourth-order valence-electron chi connectivity index (χ4n) is 1.93. The van der Waals surface area contributed by atoms with Crippen molar-refractivity contribution in [3.63, 3.8) is 0 Å². The molecule has 96 valence electrons. The van der Waals surface area contributed by atoms with Crippen molar-refractivity contribution in [3.05, 3.63) is 22.5 Å². The Labute approximate surface area is 120 Å². The number of thiophene rings is 1. The number of aliphatic imine (C=N–C) groups is 1. The molecule has 0 bridgehead atoms. The number of nitrogens with zero attached hydrogens (tertiary/aromatic N) is 3. The molecule has 0 fully saturated rings. The van der Waals surface area contributed by atoms with E-state index in [9.17, 15) is 4.79 Å². The molecule has 4 heterocycles. The number of hydrogen-bond acceptors (Lipinski definition) is 6. The quantitative estimate of drug-likeness (QED) is 0.751. The number of thiazole rings is 1. The van der Waals surface area contributed by atoms with Gasteiger partial charge in [-0.25, -0.2) is 4.98 Å². The topological polar surface area (TPSA) is 58.8 Å². The zero-order chi connectivity index (χ0) is 12.8. The minimum absolute atomic E-state index is 0.0971. The number of fused-ring (bicyclic) bond motifs is 3. The molecular formula is C11H8N4OS3. The molecule has 1 aliphatic rings. The van der Waals surface area contributed by atoms with Crippen LogP contribution in [0.15, 0.2) is 22.6 Å². The Morgan fingerprint density at radius 3 is 3.26 bits per heavy atom. The SMILES string of the molecule is O=C(NC1=NCCS1)c1cc2c(nc3sccn32)s1. The molecule has 4 rings (SSSR count). The van der Waals surface area contributed by atoms with Gasteiger partial charge in [0.2, 0.25) is 0 Å². The van der Waals surface area contributed by atoms with Crippen molar-refractivity contribution < 1.29 is 4.79 Å². The molecule has 19 heavy (non-hydrogen) atoms. The molecule has 0 saturated heterocycles. The molecule has 0 atom stereocenters. The van der Waals surface area contributed by atoms with E-state index in [1.807, 2.05) is 22.0 Å². The normalized spacial score (nSPS) is 15.3. The van der Waals surface area contributed by atoms with Crippen LogP contribution in [0.4, 0.5) is 0 Å². The Bertz CT molecular complexity index is 812. The van der Waals surface area contributed by atoms with Gasteiger partial charge in [-0.2, -0.15) is 0 Å². The van der Waals surface area contributed by atoms with Crippen LogP contribution in [0.5, 0.6) is 0 Å². The number of carbonyl (C=O) groups excluding carboxylic acids is 1. The molecule has 1 aliphatic heterocycles. The van der Waals surface area contributed by atoms with Crippen LogP contribution in [-0.2, 0) is 0 Å². The summed E-state index contributed by atoms with van der Waals surface area (Å²) in [6.07, 6.45) is 1.97. The van der Waals surface area contributed by atoms with E-state index in [4.69, 9.17) is 0 Å². The van der Waals surface area contributed by atoms with E-state index in [0.29, 0.717) is 4.88 Å². The number of nitrogens with one attached hydrogen (secondary N) is 1. The van der Waals surface area contributed by atoms with E-state index < -0.39 is 0 Å². The van der Waals surface area contributed by atoms with Crippen LogP contribution in [0, 0.1) is 0 Å². The van der Waals surface area contributed by atoms with Crippen LogP contribution >= 0.6 is 34.4 Å². The Hall–Kier alpha value is -1.38. The molecule has 0 unspecified atom stereocenters. The van der Waals surface area contributed by atoms with E-state index in [2.05, 4.69) is 15.3 Å². The predicted molar refractivity (Wildman–Crippen MR) is 80.7 cm³/mol. The highest BCUT2D eigenvalue weighted by molar-refractivity contribution is 8.14. The van der Waals surface area contributed by atoms with E-state index in [-0.39, 0.29) is 5.91 Å². The second-order valence-electron chi connectivity index (χ2n) is 3.96. The van der Waals surface area contributed by atoms with Crippen LogP contribution in [0.3, 0.4) is 0 Å². The minimum atomic E-state index is -0.0971. The van der Waals surface area contributed by atoms with Crippen LogP contribution in [0.2, 0.25) is 0 Å². The number of imidazole rings is 1. The largest absolute Gasteiger partial charge is 0.301 e. The molecule has 0 spiro atoms. The fraction of sp³-hybridized carbons (Fsp3) is 0.182. The molecule has 0 saturated carbocycles. The maximum Gasteiger partial charge on any atom is 0.267 e. The van der Waals surface area contributed by atoms with E-state index in [1.54, 1.807) is 23.1 Å². The lowest BCUT2D eigenvalue weighted by molar-refractivity contribution is 0.0982. The van der Waals surface area contributed by atoms with Gasteiger partial charge in [-0.1, -0.05) is 11.8 Å². The third-order valence-electron chi connectivity index (χ3n) is 2.77. The molecule has 3 aromatic rings. The zero-order valence-electron chi connectivity index (χ0n) is 9.62. The summed E-state index contributed by atoms with van der Waals surface area (Å²) in [5.41, 5.74) is 0.993. The van der Waals surface area contributed by atoms with Crippen molar-refractivity contribution >= 4 is 60.8 Å². The van der Waals surface area contributed by atoms with Crippen molar-refractivity contribution in [2.24, 2.45) is 4.99 Å². The highest BCUT2D eigenvalue weighted by Gasteiger charge is 2.17. The van der Waals surface area contributed by atoms with Crippen molar-refractivity contribution in [1.29, 1.82) is 0 Å². The first-order chi connectivity index (χ1) is 9.31. The molecule has 8 heteroatoms. The van der Waals surface area contributed by atoms with E-state index >= 15 is 0 Å². The summed E-state index contributed by atoms with van der Waals surface area (Å²) in [6.45, 7) is 0.782. The summed E-state index contributed by atoms with van der Waals surface area (Å²) in [5, 5.41) is 5.55. The van der Waals surface area contributed by atoms with Gasteiger partial charge in [0.25, 0.3) is 5.91 Å². The van der Waals surface area contributed by atoms with Gasteiger partial charge in [0.05, 0.1) is 16.9 Å². The smallest absolute Gasteiger partial charge is 0.267 e. The first kappa shape index (κ1) is 11.4. The van der Waals surface area contributed by atoms with Crippen molar-refractivity contribution in [1.82, 2.24) is 14.7 Å².